The average molecular weight is 416 g/mol. The second-order valence-corrected chi connectivity index (χ2v) is 7.64. The Hall–Kier alpha value is -1.77. The standard InChI is InChI=1S/C18H19F2N3O2S.ClH/c19-14-2-1-12(7-15(14)20)16-17(21-10-26-16)22-18(24)25-9-13-8-23-5-3-11(13)4-6-23;/h1-2,7,10-11,13H,3-6,8-9H2,(H,22,24);1H. The first-order valence-corrected chi connectivity index (χ1v) is 9.53. The summed E-state index contributed by atoms with van der Waals surface area (Å²) in [6, 6.07) is 3.60. The van der Waals surface area contributed by atoms with E-state index >= 15 is 0 Å². The third kappa shape index (κ3) is 4.39. The van der Waals surface area contributed by atoms with Crippen LogP contribution in [0.15, 0.2) is 23.7 Å². The molecule has 5 nitrogen and oxygen atoms in total. The number of carbonyl (C=O) groups is 1. The molecule has 3 aliphatic heterocycles. The van der Waals surface area contributed by atoms with E-state index in [9.17, 15) is 13.6 Å². The van der Waals surface area contributed by atoms with Crippen molar-refractivity contribution in [1.29, 1.82) is 0 Å². The minimum Gasteiger partial charge on any atom is -0.449 e. The molecule has 0 spiro atoms. The Morgan fingerprint density at radius 3 is 2.74 bits per heavy atom. The number of fused-ring (bicyclic) bond motifs is 3. The van der Waals surface area contributed by atoms with E-state index in [1.807, 2.05) is 0 Å². The van der Waals surface area contributed by atoms with Crippen molar-refractivity contribution in [2.75, 3.05) is 31.6 Å². The monoisotopic (exact) mass is 415 g/mol. The van der Waals surface area contributed by atoms with Crippen LogP contribution < -0.4 is 5.32 Å². The van der Waals surface area contributed by atoms with Crippen molar-refractivity contribution < 1.29 is 18.3 Å². The van der Waals surface area contributed by atoms with E-state index in [0.29, 0.717) is 34.7 Å². The predicted octanol–water partition coefficient (Wildman–Crippen LogP) is 4.40. The zero-order valence-electron chi connectivity index (χ0n) is 14.5. The predicted molar refractivity (Wildman–Crippen MR) is 102 cm³/mol. The van der Waals surface area contributed by atoms with E-state index in [1.165, 1.54) is 30.2 Å². The van der Waals surface area contributed by atoms with E-state index in [-0.39, 0.29) is 12.4 Å². The lowest BCUT2D eigenvalue weighted by Gasteiger charge is -2.44. The third-order valence-corrected chi connectivity index (χ3v) is 6.07. The van der Waals surface area contributed by atoms with Crippen LogP contribution in [0.25, 0.3) is 10.4 Å². The van der Waals surface area contributed by atoms with E-state index in [1.54, 1.807) is 5.51 Å². The molecular weight excluding hydrogens is 396 g/mol. The maximum Gasteiger partial charge on any atom is 0.412 e. The lowest BCUT2D eigenvalue weighted by Crippen LogP contribution is -2.49. The van der Waals surface area contributed by atoms with Gasteiger partial charge in [0.05, 0.1) is 17.0 Å². The molecule has 1 atom stereocenters. The fourth-order valence-electron chi connectivity index (χ4n) is 3.77. The van der Waals surface area contributed by atoms with Gasteiger partial charge in [0.1, 0.15) is 0 Å². The molecular formula is C18H20ClF2N3O2S. The molecule has 1 unspecified atom stereocenters. The van der Waals surface area contributed by atoms with Gasteiger partial charge in [-0.3, -0.25) is 5.32 Å². The van der Waals surface area contributed by atoms with Crippen molar-refractivity contribution in [1.82, 2.24) is 9.88 Å². The molecule has 9 heteroatoms. The number of nitrogens with zero attached hydrogens (tertiary/aromatic N) is 2. The molecule has 3 fully saturated rings. The van der Waals surface area contributed by atoms with E-state index in [2.05, 4.69) is 15.2 Å². The highest BCUT2D eigenvalue weighted by atomic mass is 35.5. The summed E-state index contributed by atoms with van der Waals surface area (Å²) in [6.45, 7) is 3.65. The van der Waals surface area contributed by atoms with Gasteiger partial charge in [0, 0.05) is 12.5 Å². The number of thiazole rings is 1. The van der Waals surface area contributed by atoms with Gasteiger partial charge in [-0.1, -0.05) is 6.07 Å². The van der Waals surface area contributed by atoms with Crippen LogP contribution in [-0.4, -0.2) is 42.2 Å². The van der Waals surface area contributed by atoms with Crippen molar-refractivity contribution in [2.24, 2.45) is 11.8 Å². The molecule has 1 aromatic carbocycles. The summed E-state index contributed by atoms with van der Waals surface area (Å²) in [7, 11) is 0. The first-order chi connectivity index (χ1) is 12.6. The summed E-state index contributed by atoms with van der Waals surface area (Å²) >= 11 is 1.24. The number of hydrogen-bond acceptors (Lipinski definition) is 5. The van der Waals surface area contributed by atoms with Crippen LogP contribution in [0.4, 0.5) is 19.4 Å². The number of nitrogens with one attached hydrogen (secondary N) is 1. The van der Waals surface area contributed by atoms with Crippen LogP contribution >= 0.6 is 23.7 Å². The van der Waals surface area contributed by atoms with E-state index in [4.69, 9.17) is 4.74 Å². The van der Waals surface area contributed by atoms with Crippen LogP contribution in [0.3, 0.4) is 0 Å². The van der Waals surface area contributed by atoms with Gasteiger partial charge in [-0.2, -0.15) is 0 Å². The molecule has 4 heterocycles. The van der Waals surface area contributed by atoms with Crippen LogP contribution in [0.5, 0.6) is 0 Å². The first-order valence-electron chi connectivity index (χ1n) is 8.65. The van der Waals surface area contributed by atoms with Gasteiger partial charge in [0.15, 0.2) is 17.5 Å². The fourth-order valence-corrected chi connectivity index (χ4v) is 4.51. The number of ether oxygens (including phenoxy) is 1. The van der Waals surface area contributed by atoms with Gasteiger partial charge in [0.2, 0.25) is 0 Å². The zero-order chi connectivity index (χ0) is 18.1. The highest BCUT2D eigenvalue weighted by Gasteiger charge is 2.34. The highest BCUT2D eigenvalue weighted by molar-refractivity contribution is 7.13. The number of benzene rings is 1. The summed E-state index contributed by atoms with van der Waals surface area (Å²) in [5.41, 5.74) is 2.00. The van der Waals surface area contributed by atoms with Crippen LogP contribution in [0, 0.1) is 23.5 Å². The molecule has 0 saturated carbocycles. The maximum atomic E-state index is 13.5. The number of piperidine rings is 3. The van der Waals surface area contributed by atoms with Gasteiger partial charge < -0.3 is 9.64 Å². The average Bonchev–Trinajstić information content (AvgIpc) is 3.11. The zero-order valence-corrected chi connectivity index (χ0v) is 16.1. The minimum atomic E-state index is -0.938. The van der Waals surface area contributed by atoms with E-state index < -0.39 is 17.7 Å². The second-order valence-electron chi connectivity index (χ2n) is 6.78. The molecule has 1 amide bonds. The Labute approximate surface area is 166 Å². The summed E-state index contributed by atoms with van der Waals surface area (Å²) < 4.78 is 32.0. The van der Waals surface area contributed by atoms with Crippen molar-refractivity contribution >= 4 is 35.7 Å². The number of amides is 1. The Morgan fingerprint density at radius 1 is 1.30 bits per heavy atom. The summed E-state index contributed by atoms with van der Waals surface area (Å²) in [4.78, 5) is 19.2. The number of hydrogen-bond donors (Lipinski definition) is 1. The molecule has 3 aliphatic rings. The van der Waals surface area contributed by atoms with Gasteiger partial charge in [0.25, 0.3) is 0 Å². The summed E-state index contributed by atoms with van der Waals surface area (Å²) in [6.07, 6.45) is 1.76. The molecule has 1 aromatic heterocycles. The third-order valence-electron chi connectivity index (χ3n) is 5.19. The lowest BCUT2D eigenvalue weighted by molar-refractivity contribution is 0.0151. The molecule has 0 radical (unpaired) electrons. The van der Waals surface area contributed by atoms with Crippen molar-refractivity contribution in [3.05, 3.63) is 35.3 Å². The molecule has 1 N–H and O–H groups in total. The van der Waals surface area contributed by atoms with Gasteiger partial charge in [-0.15, -0.1) is 23.7 Å². The first kappa shape index (κ1) is 20.0. The SMILES string of the molecule is Cl.O=C(Nc1ncsc1-c1ccc(F)c(F)c1)OCC1CN2CCC1CC2. The normalized spacial score (nSPS) is 23.6. The largest absolute Gasteiger partial charge is 0.449 e. The number of rotatable bonds is 4. The Balaban J connectivity index is 0.00000210. The van der Waals surface area contributed by atoms with E-state index in [0.717, 1.165) is 31.8 Å². The Kier molecular flexibility index (Phi) is 6.29. The van der Waals surface area contributed by atoms with Crippen molar-refractivity contribution in [2.45, 2.75) is 12.8 Å². The van der Waals surface area contributed by atoms with Crippen molar-refractivity contribution in [3.8, 4) is 10.4 Å². The molecule has 2 bridgehead atoms. The van der Waals surface area contributed by atoms with Gasteiger partial charge in [-0.25, -0.2) is 18.6 Å². The minimum absolute atomic E-state index is 0. The molecule has 5 rings (SSSR count). The second kappa shape index (κ2) is 8.50. The number of anilines is 1. The summed E-state index contributed by atoms with van der Waals surface area (Å²) in [5.74, 6) is -0.550. The van der Waals surface area contributed by atoms with Crippen LogP contribution in [0.2, 0.25) is 0 Å². The smallest absolute Gasteiger partial charge is 0.412 e. The van der Waals surface area contributed by atoms with Gasteiger partial charge >= 0.3 is 6.09 Å². The van der Waals surface area contributed by atoms with Gasteiger partial charge in [-0.05, 0) is 49.5 Å². The number of aromatic nitrogens is 1. The molecule has 2 aromatic rings. The molecule has 146 valence electrons. The maximum absolute atomic E-state index is 13.5. The molecule has 0 aliphatic carbocycles. The van der Waals surface area contributed by atoms with Crippen LogP contribution in [-0.2, 0) is 4.74 Å². The Bertz CT molecular complexity index is 812. The highest BCUT2D eigenvalue weighted by Crippen LogP contribution is 2.34. The summed E-state index contributed by atoms with van der Waals surface area (Å²) in [5, 5.41) is 2.62. The van der Waals surface area contributed by atoms with Crippen molar-refractivity contribution in [3.63, 3.8) is 0 Å². The fraction of sp³-hybridized carbons (Fsp3) is 0.444. The molecule has 27 heavy (non-hydrogen) atoms. The number of carbonyl (C=O) groups excluding carboxylic acids is 1. The topological polar surface area (TPSA) is 54.5 Å². The lowest BCUT2D eigenvalue weighted by atomic mass is 9.79. The molecule has 3 saturated heterocycles. The Morgan fingerprint density at radius 2 is 2.07 bits per heavy atom. The number of halogens is 3. The quantitative estimate of drug-likeness (QED) is 0.804. The van der Waals surface area contributed by atoms with Crippen LogP contribution in [0.1, 0.15) is 12.8 Å².